The van der Waals surface area contributed by atoms with Gasteiger partial charge >= 0.3 is 15.6 Å². The number of ether oxygens (including phenoxy) is 2. The number of benzene rings is 1. The van der Waals surface area contributed by atoms with Gasteiger partial charge in [-0.15, -0.1) is 0 Å². The Morgan fingerprint density at radius 3 is 2.22 bits per heavy atom. The minimum absolute atomic E-state index is 0.0357. The van der Waals surface area contributed by atoms with Crippen LogP contribution in [0.1, 0.15) is 12.5 Å². The number of halogens is 2. The first-order valence-electron chi connectivity index (χ1n) is 13.0. The minimum Gasteiger partial charge on any atom is -0.387 e. The number of anilines is 1. The standard InChI is InChI=1S/C22H23Cl2N7O12P2/c23-8-1-10-11(2-9(8)24)30(6-28-10)21-16(33)17-13(41-21)4-39-45(36,37)43-18-15(32)12(3-38-44(34,35)42-17)40-22(18)31-7-29-14-19(25)26-5-27-20(14)31/h1-2,5-7,12-13,15-18,21-22,32-33H,3-4H2,(H,34,35)(H,36,37)(H2,25,26,27). The lowest BCUT2D eigenvalue weighted by molar-refractivity contribution is -0.0671. The number of phosphoric acid groups is 2. The van der Waals surface area contributed by atoms with E-state index in [1.54, 1.807) is 0 Å². The molecule has 3 aliphatic rings. The first-order valence-corrected chi connectivity index (χ1v) is 16.8. The molecule has 4 aromatic rings. The zero-order chi connectivity index (χ0) is 31.8. The Morgan fingerprint density at radius 2 is 1.47 bits per heavy atom. The smallest absolute Gasteiger partial charge is 0.387 e. The average molecular weight is 710 g/mol. The van der Waals surface area contributed by atoms with E-state index in [-0.39, 0.29) is 27.0 Å². The SMILES string of the molecule is Nc1ncnc2c1ncn2C1OC2COP(=O)(O)OC3C(COP(=O)(O)OC1C2O)OC(n1cnc2cc(Cl)c(Cl)cc21)C3O. The first-order chi connectivity index (χ1) is 21.3. The highest BCUT2D eigenvalue weighted by Gasteiger charge is 2.53. The third kappa shape index (κ3) is 5.66. The first kappa shape index (κ1) is 31.3. The number of aromatic nitrogens is 6. The molecule has 0 saturated carbocycles. The van der Waals surface area contributed by atoms with Crippen LogP contribution in [-0.4, -0.2) is 98.9 Å². The van der Waals surface area contributed by atoms with Crippen LogP contribution in [-0.2, 0) is 36.7 Å². The molecule has 3 aromatic heterocycles. The van der Waals surface area contributed by atoms with Crippen molar-refractivity contribution in [2.24, 2.45) is 0 Å². The number of phosphoric ester groups is 2. The molecule has 2 bridgehead atoms. The molecule has 10 atom stereocenters. The molecule has 3 fully saturated rings. The number of aliphatic hydroxyl groups excluding tert-OH is 2. The lowest BCUT2D eigenvalue weighted by Crippen LogP contribution is -2.36. The number of aliphatic hydroxyl groups is 2. The Bertz CT molecular complexity index is 1880. The van der Waals surface area contributed by atoms with Crippen LogP contribution in [0.15, 0.2) is 31.1 Å². The van der Waals surface area contributed by atoms with Crippen molar-refractivity contribution in [2.45, 2.75) is 49.1 Å². The van der Waals surface area contributed by atoms with Crippen molar-refractivity contribution in [3.8, 4) is 0 Å². The molecule has 6 heterocycles. The summed E-state index contributed by atoms with van der Waals surface area (Å²) in [7, 11) is -10.1. The third-order valence-corrected chi connectivity index (χ3v) is 10.2. The van der Waals surface area contributed by atoms with Crippen LogP contribution in [0.5, 0.6) is 0 Å². The van der Waals surface area contributed by atoms with Gasteiger partial charge in [0, 0.05) is 0 Å². The fourth-order valence-electron chi connectivity index (χ4n) is 5.39. The van der Waals surface area contributed by atoms with Gasteiger partial charge in [0.15, 0.2) is 23.9 Å². The van der Waals surface area contributed by atoms with Crippen molar-refractivity contribution in [1.82, 2.24) is 29.1 Å². The summed E-state index contributed by atoms with van der Waals surface area (Å²) in [6.45, 7) is -1.55. The number of imidazole rings is 2. The maximum absolute atomic E-state index is 13.2. The molecule has 0 spiro atoms. The highest BCUT2D eigenvalue weighted by atomic mass is 35.5. The van der Waals surface area contributed by atoms with Gasteiger partial charge in [-0.05, 0) is 12.1 Å². The number of nitrogens with zero attached hydrogens (tertiary/aromatic N) is 6. The van der Waals surface area contributed by atoms with Crippen molar-refractivity contribution >= 4 is 66.9 Å². The van der Waals surface area contributed by atoms with Crippen LogP contribution in [0.25, 0.3) is 22.2 Å². The molecule has 23 heteroatoms. The van der Waals surface area contributed by atoms with Gasteiger partial charge in [-0.2, -0.15) is 0 Å². The summed E-state index contributed by atoms with van der Waals surface area (Å²) in [5.41, 5.74) is 6.95. The molecule has 19 nitrogen and oxygen atoms in total. The molecule has 3 aliphatic heterocycles. The highest BCUT2D eigenvalue weighted by molar-refractivity contribution is 7.47. The Labute approximate surface area is 261 Å². The molecular weight excluding hydrogens is 687 g/mol. The second-order valence-electron chi connectivity index (χ2n) is 10.3. The molecule has 0 aliphatic carbocycles. The van der Waals surface area contributed by atoms with Crippen LogP contribution in [0, 0.1) is 0 Å². The van der Waals surface area contributed by atoms with E-state index in [2.05, 4.69) is 19.9 Å². The van der Waals surface area contributed by atoms with Gasteiger partial charge in [0.25, 0.3) is 0 Å². The fourth-order valence-corrected chi connectivity index (χ4v) is 7.61. The molecule has 242 valence electrons. The summed E-state index contributed by atoms with van der Waals surface area (Å²) >= 11 is 12.2. The van der Waals surface area contributed by atoms with E-state index in [1.165, 1.54) is 33.9 Å². The Morgan fingerprint density at radius 1 is 0.822 bits per heavy atom. The second kappa shape index (κ2) is 11.4. The Balaban J connectivity index is 1.20. The van der Waals surface area contributed by atoms with E-state index in [9.17, 15) is 29.1 Å². The van der Waals surface area contributed by atoms with Gasteiger partial charge < -0.3 is 39.8 Å². The van der Waals surface area contributed by atoms with Crippen LogP contribution in [0.4, 0.5) is 5.82 Å². The lowest BCUT2D eigenvalue weighted by Gasteiger charge is -2.25. The highest BCUT2D eigenvalue weighted by Crippen LogP contribution is 2.53. The summed E-state index contributed by atoms with van der Waals surface area (Å²) in [6.07, 6.45) is -8.40. The van der Waals surface area contributed by atoms with Crippen LogP contribution < -0.4 is 5.73 Å². The number of hydrogen-bond acceptors (Lipinski definition) is 15. The van der Waals surface area contributed by atoms with Gasteiger partial charge in [0.1, 0.15) is 48.5 Å². The van der Waals surface area contributed by atoms with Gasteiger partial charge in [-0.1, -0.05) is 23.2 Å². The van der Waals surface area contributed by atoms with E-state index in [4.69, 9.17) is 56.5 Å². The Hall–Kier alpha value is -2.32. The van der Waals surface area contributed by atoms with Crippen LogP contribution in [0.2, 0.25) is 10.0 Å². The van der Waals surface area contributed by atoms with Gasteiger partial charge in [0.05, 0.1) is 46.9 Å². The van der Waals surface area contributed by atoms with Crippen molar-refractivity contribution in [1.29, 1.82) is 0 Å². The monoisotopic (exact) mass is 709 g/mol. The molecule has 6 N–H and O–H groups in total. The van der Waals surface area contributed by atoms with Gasteiger partial charge in [-0.25, -0.2) is 29.1 Å². The van der Waals surface area contributed by atoms with Crippen molar-refractivity contribution in [3.63, 3.8) is 0 Å². The number of hydrogen-bond donors (Lipinski definition) is 5. The summed E-state index contributed by atoms with van der Waals surface area (Å²) in [4.78, 5) is 37.6. The second-order valence-corrected chi connectivity index (χ2v) is 13.9. The summed E-state index contributed by atoms with van der Waals surface area (Å²) in [6, 6.07) is 2.97. The van der Waals surface area contributed by atoms with Crippen molar-refractivity contribution < 1.29 is 56.7 Å². The molecule has 7 rings (SSSR count). The lowest BCUT2D eigenvalue weighted by atomic mass is 10.1. The molecule has 45 heavy (non-hydrogen) atoms. The summed E-state index contributed by atoms with van der Waals surface area (Å²) in [5.74, 6) is 0.0357. The molecule has 10 unspecified atom stereocenters. The summed E-state index contributed by atoms with van der Waals surface area (Å²) < 4.78 is 61.7. The maximum Gasteiger partial charge on any atom is 0.472 e. The van der Waals surface area contributed by atoms with E-state index in [0.29, 0.717) is 11.0 Å². The van der Waals surface area contributed by atoms with E-state index in [0.717, 1.165) is 6.33 Å². The fraction of sp³-hybridized carbons (Fsp3) is 0.455. The number of nitrogens with two attached hydrogens (primary N) is 1. The average Bonchev–Trinajstić information content (AvgIpc) is 3.73. The topological polar surface area (TPSA) is 258 Å². The molecule has 1 aromatic carbocycles. The molecule has 0 amide bonds. The van der Waals surface area contributed by atoms with E-state index >= 15 is 0 Å². The molecule has 0 radical (unpaired) electrons. The van der Waals surface area contributed by atoms with Gasteiger partial charge in [-0.3, -0.25) is 22.7 Å². The minimum atomic E-state index is -5.05. The third-order valence-electron chi connectivity index (χ3n) is 7.49. The predicted molar refractivity (Wildman–Crippen MR) is 151 cm³/mol. The van der Waals surface area contributed by atoms with Crippen LogP contribution >= 0.6 is 38.8 Å². The number of nitrogen functional groups attached to an aromatic ring is 1. The van der Waals surface area contributed by atoms with Crippen molar-refractivity contribution in [3.05, 3.63) is 41.2 Å². The Kier molecular flexibility index (Phi) is 7.95. The summed E-state index contributed by atoms with van der Waals surface area (Å²) in [5, 5.41) is 22.6. The largest absolute Gasteiger partial charge is 0.472 e. The quantitative estimate of drug-likeness (QED) is 0.184. The number of fused-ring (bicyclic) bond motifs is 5. The normalized spacial score (nSPS) is 37.7. The molecular formula is C22H23Cl2N7O12P2. The van der Waals surface area contributed by atoms with E-state index < -0.39 is 77.9 Å². The zero-order valence-corrected chi connectivity index (χ0v) is 25.7. The van der Waals surface area contributed by atoms with Crippen LogP contribution in [0.3, 0.4) is 0 Å². The van der Waals surface area contributed by atoms with Crippen molar-refractivity contribution in [2.75, 3.05) is 18.9 Å². The zero-order valence-electron chi connectivity index (χ0n) is 22.4. The molecule has 3 saturated heterocycles. The van der Waals surface area contributed by atoms with E-state index in [1.807, 2.05) is 0 Å². The van der Waals surface area contributed by atoms with Gasteiger partial charge in [0.2, 0.25) is 0 Å². The maximum atomic E-state index is 13.2. The predicted octanol–water partition coefficient (Wildman–Crippen LogP) is 1.30. The number of rotatable bonds is 2.